The van der Waals surface area contributed by atoms with Gasteiger partial charge in [0.05, 0.1) is 21.5 Å². The predicted molar refractivity (Wildman–Crippen MR) is 118 cm³/mol. The van der Waals surface area contributed by atoms with Crippen molar-refractivity contribution in [1.29, 1.82) is 0 Å². The Labute approximate surface area is 182 Å². The van der Waals surface area contributed by atoms with Crippen LogP contribution in [-0.4, -0.2) is 37.2 Å². The lowest BCUT2D eigenvalue weighted by molar-refractivity contribution is 0.0696. The van der Waals surface area contributed by atoms with E-state index in [0.29, 0.717) is 13.0 Å². The zero-order valence-corrected chi connectivity index (χ0v) is 17.9. The van der Waals surface area contributed by atoms with Crippen LogP contribution in [0.2, 0.25) is 0 Å². The highest BCUT2D eigenvalue weighted by Gasteiger charge is 2.18. The minimum absolute atomic E-state index is 0.0353. The van der Waals surface area contributed by atoms with Gasteiger partial charge in [0.2, 0.25) is 9.84 Å². The van der Waals surface area contributed by atoms with Gasteiger partial charge in [-0.25, -0.2) is 13.2 Å². The van der Waals surface area contributed by atoms with E-state index in [1.807, 2.05) is 37.3 Å². The first-order chi connectivity index (χ1) is 14.8. The molecule has 3 rings (SSSR count). The van der Waals surface area contributed by atoms with Crippen molar-refractivity contribution in [2.45, 2.75) is 35.3 Å². The molecule has 0 heterocycles. The lowest BCUT2D eigenvalue weighted by Crippen LogP contribution is -2.32. The van der Waals surface area contributed by atoms with Gasteiger partial charge in [-0.2, -0.15) is 0 Å². The molecule has 7 heteroatoms. The second kappa shape index (κ2) is 9.87. The Balaban J connectivity index is 1.60. The quantitative estimate of drug-likeness (QED) is 0.472. The van der Waals surface area contributed by atoms with Crippen molar-refractivity contribution in [3.63, 3.8) is 0 Å². The lowest BCUT2D eigenvalue weighted by Gasteiger charge is -2.17. The van der Waals surface area contributed by atoms with E-state index in [1.54, 1.807) is 24.3 Å². The van der Waals surface area contributed by atoms with Crippen LogP contribution in [0, 0.1) is 0 Å². The molecule has 6 nitrogen and oxygen atoms in total. The van der Waals surface area contributed by atoms with E-state index < -0.39 is 21.9 Å². The van der Waals surface area contributed by atoms with E-state index in [9.17, 15) is 18.3 Å². The van der Waals surface area contributed by atoms with Crippen LogP contribution in [0.15, 0.2) is 88.7 Å². The van der Waals surface area contributed by atoms with Gasteiger partial charge in [0.25, 0.3) is 0 Å². The second-order valence-electron chi connectivity index (χ2n) is 7.42. The Morgan fingerprint density at radius 2 is 1.45 bits per heavy atom. The summed E-state index contributed by atoms with van der Waals surface area (Å²) in [7, 11) is -3.72. The van der Waals surface area contributed by atoms with Gasteiger partial charge in [-0.1, -0.05) is 42.5 Å². The topological polar surface area (TPSA) is 104 Å². The largest absolute Gasteiger partial charge is 0.478 e. The third-order valence-corrected chi connectivity index (χ3v) is 6.82. The number of carboxylic acid groups (broad SMARTS) is 1. The number of nitrogens with one attached hydrogen (secondary N) is 1. The molecule has 0 radical (unpaired) electrons. The number of benzene rings is 3. The lowest BCUT2D eigenvalue weighted by atomic mass is 10.1. The third kappa shape index (κ3) is 5.79. The highest BCUT2D eigenvalue weighted by Crippen LogP contribution is 2.22. The van der Waals surface area contributed by atoms with Crippen molar-refractivity contribution in [2.75, 3.05) is 6.54 Å². The summed E-state index contributed by atoms with van der Waals surface area (Å²) in [5.74, 6) is -1.10. The molecule has 0 saturated heterocycles. The van der Waals surface area contributed by atoms with Gasteiger partial charge in [-0.05, 0) is 60.9 Å². The van der Waals surface area contributed by atoms with Crippen molar-refractivity contribution >= 4 is 15.8 Å². The van der Waals surface area contributed by atoms with Crippen molar-refractivity contribution in [2.24, 2.45) is 0 Å². The summed E-state index contributed by atoms with van der Waals surface area (Å²) in [6.07, 6.45) is 0.0819. The molecule has 0 aromatic heterocycles. The van der Waals surface area contributed by atoms with Crippen molar-refractivity contribution < 1.29 is 23.4 Å². The number of rotatable bonds is 9. The summed E-state index contributed by atoms with van der Waals surface area (Å²) in [5.41, 5.74) is 1.86. The van der Waals surface area contributed by atoms with Gasteiger partial charge in [-0.3, -0.25) is 0 Å². The van der Waals surface area contributed by atoms with E-state index >= 15 is 0 Å². The number of aliphatic hydroxyl groups is 1. The van der Waals surface area contributed by atoms with Gasteiger partial charge >= 0.3 is 5.97 Å². The van der Waals surface area contributed by atoms with Crippen LogP contribution in [0.5, 0.6) is 0 Å². The van der Waals surface area contributed by atoms with E-state index in [-0.39, 0.29) is 21.4 Å². The van der Waals surface area contributed by atoms with Crippen LogP contribution < -0.4 is 5.32 Å². The van der Waals surface area contributed by atoms with Crippen LogP contribution in [0.1, 0.15) is 34.5 Å². The highest BCUT2D eigenvalue weighted by atomic mass is 32.2. The molecule has 3 aromatic carbocycles. The third-order valence-electron chi connectivity index (χ3n) is 5.03. The molecule has 162 valence electrons. The number of sulfone groups is 1. The predicted octanol–water partition coefficient (Wildman–Crippen LogP) is 3.47. The maximum atomic E-state index is 12.8. The van der Waals surface area contributed by atoms with E-state index in [2.05, 4.69) is 5.32 Å². The van der Waals surface area contributed by atoms with Gasteiger partial charge in [0, 0.05) is 12.6 Å². The Morgan fingerprint density at radius 3 is 2.00 bits per heavy atom. The molecule has 0 bridgehead atoms. The van der Waals surface area contributed by atoms with Crippen LogP contribution in [0.25, 0.3) is 0 Å². The van der Waals surface area contributed by atoms with Gasteiger partial charge in [0.15, 0.2) is 0 Å². The Hall–Kier alpha value is -3.00. The van der Waals surface area contributed by atoms with Crippen LogP contribution in [-0.2, 0) is 16.3 Å². The molecule has 0 saturated carbocycles. The number of carboxylic acids is 1. The van der Waals surface area contributed by atoms with E-state index in [0.717, 1.165) is 11.1 Å². The fourth-order valence-electron chi connectivity index (χ4n) is 3.25. The normalized spacial score (nSPS) is 13.5. The molecule has 0 aliphatic carbocycles. The van der Waals surface area contributed by atoms with Crippen molar-refractivity contribution in [3.8, 4) is 0 Å². The van der Waals surface area contributed by atoms with Crippen LogP contribution >= 0.6 is 0 Å². The molecule has 31 heavy (non-hydrogen) atoms. The Kier molecular flexibility index (Phi) is 7.22. The van der Waals surface area contributed by atoms with E-state index in [1.165, 1.54) is 24.3 Å². The fraction of sp³-hybridized carbons (Fsp3) is 0.208. The summed E-state index contributed by atoms with van der Waals surface area (Å²) >= 11 is 0. The molecule has 0 aliphatic rings. The number of aliphatic hydroxyl groups excluding tert-OH is 1. The molecule has 0 spiro atoms. The van der Waals surface area contributed by atoms with Gasteiger partial charge in [-0.15, -0.1) is 0 Å². The summed E-state index contributed by atoms with van der Waals surface area (Å²) in [5, 5.41) is 22.5. The fourth-order valence-corrected chi connectivity index (χ4v) is 4.51. The molecule has 0 amide bonds. The average molecular weight is 440 g/mol. The molecular formula is C24H25NO5S. The Morgan fingerprint density at radius 1 is 0.903 bits per heavy atom. The molecular weight excluding hydrogens is 414 g/mol. The summed E-state index contributed by atoms with van der Waals surface area (Å²) in [6.45, 7) is 2.43. The zero-order valence-electron chi connectivity index (χ0n) is 17.1. The van der Waals surface area contributed by atoms with Crippen molar-refractivity contribution in [1.82, 2.24) is 5.32 Å². The molecule has 0 aliphatic heterocycles. The maximum absolute atomic E-state index is 12.8. The second-order valence-corrected chi connectivity index (χ2v) is 9.37. The summed E-state index contributed by atoms with van der Waals surface area (Å²) in [4.78, 5) is 11.1. The van der Waals surface area contributed by atoms with Crippen molar-refractivity contribution in [3.05, 3.63) is 95.6 Å². The summed E-state index contributed by atoms with van der Waals surface area (Å²) < 4.78 is 25.5. The van der Waals surface area contributed by atoms with Crippen LogP contribution in [0.3, 0.4) is 0 Å². The first-order valence-corrected chi connectivity index (χ1v) is 11.4. The minimum Gasteiger partial charge on any atom is -0.478 e. The number of carbonyl (C=O) groups is 1. The SMILES string of the molecule is C[C@H](Cc1ccc(S(=O)(=O)c2ccc(C(=O)O)cc2)cc1)NC[C@@H](O)c1ccccc1. The first kappa shape index (κ1) is 22.7. The monoisotopic (exact) mass is 439 g/mol. The Bertz CT molecular complexity index is 1110. The van der Waals surface area contributed by atoms with Gasteiger partial charge in [0.1, 0.15) is 0 Å². The summed E-state index contributed by atoms with van der Waals surface area (Å²) in [6, 6.07) is 21.3. The molecule has 3 aromatic rings. The molecule has 3 N–H and O–H groups in total. The molecule has 0 unspecified atom stereocenters. The highest BCUT2D eigenvalue weighted by molar-refractivity contribution is 7.91. The minimum atomic E-state index is -3.72. The molecule has 0 fully saturated rings. The maximum Gasteiger partial charge on any atom is 0.335 e. The van der Waals surface area contributed by atoms with Crippen LogP contribution in [0.4, 0.5) is 0 Å². The number of hydrogen-bond acceptors (Lipinski definition) is 5. The number of hydrogen-bond donors (Lipinski definition) is 3. The standard InChI is InChI=1S/C24H25NO5S/c1-17(25-16-23(26)19-5-3-2-4-6-19)15-18-7-11-21(12-8-18)31(29,30)22-13-9-20(10-14-22)24(27)28/h2-14,17,23,25-26H,15-16H2,1H3,(H,27,28)/t17-,23-/m1/s1. The molecule has 2 atom stereocenters. The smallest absolute Gasteiger partial charge is 0.335 e. The van der Waals surface area contributed by atoms with E-state index in [4.69, 9.17) is 5.11 Å². The zero-order chi connectivity index (χ0) is 22.4. The van der Waals surface area contributed by atoms with Gasteiger partial charge < -0.3 is 15.5 Å². The average Bonchev–Trinajstić information content (AvgIpc) is 2.78. The number of aromatic carboxylic acids is 1. The first-order valence-electron chi connectivity index (χ1n) is 9.91.